The molecule has 3 aromatic rings. The molecule has 0 amide bonds. The Morgan fingerprint density at radius 3 is 2.85 bits per heavy atom. The molecular formula is C15H12F2N4O4S2. The van der Waals surface area contributed by atoms with Gasteiger partial charge in [0.25, 0.3) is 5.56 Å². The molecule has 0 bridgehead atoms. The zero-order valence-corrected chi connectivity index (χ0v) is 15.0. The van der Waals surface area contributed by atoms with Gasteiger partial charge in [-0.05, 0) is 6.07 Å². The van der Waals surface area contributed by atoms with Crippen molar-refractivity contribution >= 4 is 44.5 Å². The smallest absolute Gasteiger partial charge is 0.328 e. The van der Waals surface area contributed by atoms with Crippen LogP contribution in [0.4, 0.5) is 13.9 Å². The van der Waals surface area contributed by atoms with E-state index in [-0.39, 0.29) is 32.0 Å². The minimum absolute atomic E-state index is 0.0406. The second-order valence-corrected chi connectivity index (χ2v) is 7.23. The standard InChI is InChI=1S/C15H12F2N4O4S2/c16-7-3-1-2-6(9(7)17)5-26-14-19-11-10(12(23)21-14)27-15(20-11)18-8(4-22)13(24)25/h1-3,8,22H,4-5H2,(H,24,25)(H2,18,19,20,21,23)/t8-/m0/s1. The van der Waals surface area contributed by atoms with E-state index >= 15 is 0 Å². The molecule has 8 nitrogen and oxygen atoms in total. The first-order valence-electron chi connectivity index (χ1n) is 7.45. The number of benzene rings is 1. The molecule has 2 aromatic heterocycles. The Labute approximate surface area is 158 Å². The molecule has 4 N–H and O–H groups in total. The van der Waals surface area contributed by atoms with Crippen LogP contribution < -0.4 is 10.9 Å². The van der Waals surface area contributed by atoms with E-state index in [0.717, 1.165) is 29.2 Å². The first-order chi connectivity index (χ1) is 12.9. The summed E-state index contributed by atoms with van der Waals surface area (Å²) in [4.78, 5) is 33.8. The number of halogens is 2. The van der Waals surface area contributed by atoms with E-state index in [0.29, 0.717) is 0 Å². The first kappa shape index (κ1) is 19.2. The van der Waals surface area contributed by atoms with Gasteiger partial charge in [-0.2, -0.15) is 4.98 Å². The van der Waals surface area contributed by atoms with Gasteiger partial charge in [-0.25, -0.2) is 18.6 Å². The number of nitrogens with zero attached hydrogens (tertiary/aromatic N) is 2. The van der Waals surface area contributed by atoms with Crippen LogP contribution >= 0.6 is 23.1 Å². The third-order valence-electron chi connectivity index (χ3n) is 3.42. The van der Waals surface area contributed by atoms with Crippen LogP contribution in [0.3, 0.4) is 0 Å². The largest absolute Gasteiger partial charge is 0.480 e. The third kappa shape index (κ3) is 4.23. The van der Waals surface area contributed by atoms with Crippen molar-refractivity contribution in [1.29, 1.82) is 0 Å². The van der Waals surface area contributed by atoms with Crippen LogP contribution in [0, 0.1) is 11.6 Å². The highest BCUT2D eigenvalue weighted by Gasteiger charge is 2.19. The second-order valence-electron chi connectivity index (χ2n) is 5.26. The number of fused-ring (bicyclic) bond motifs is 1. The number of H-pyrrole nitrogens is 1. The summed E-state index contributed by atoms with van der Waals surface area (Å²) in [6.45, 7) is -0.657. The fraction of sp³-hybridized carbons (Fsp3) is 0.200. The van der Waals surface area contributed by atoms with E-state index in [2.05, 4.69) is 20.3 Å². The number of hydrogen-bond donors (Lipinski definition) is 4. The number of aromatic amines is 1. The van der Waals surface area contributed by atoms with E-state index in [9.17, 15) is 18.4 Å². The number of aliphatic hydroxyl groups is 1. The Hall–Kier alpha value is -2.57. The number of aromatic nitrogens is 3. The SMILES string of the molecule is O=C(O)[C@H](CO)Nc1nc2nc(SCc3cccc(F)c3F)[nH]c(=O)c2s1. The zero-order chi connectivity index (χ0) is 19.6. The molecule has 0 radical (unpaired) electrons. The molecule has 0 fully saturated rings. The number of hydrogen-bond acceptors (Lipinski definition) is 8. The van der Waals surface area contributed by atoms with Gasteiger partial charge in [0.1, 0.15) is 10.7 Å². The monoisotopic (exact) mass is 414 g/mol. The number of thiazole rings is 1. The van der Waals surface area contributed by atoms with Crippen molar-refractivity contribution in [2.75, 3.05) is 11.9 Å². The minimum atomic E-state index is -1.27. The molecule has 0 saturated heterocycles. The molecule has 0 aliphatic carbocycles. The van der Waals surface area contributed by atoms with E-state index < -0.39 is 35.8 Å². The van der Waals surface area contributed by atoms with Crippen LogP contribution in [0.5, 0.6) is 0 Å². The number of aliphatic hydroxyl groups excluding tert-OH is 1. The summed E-state index contributed by atoms with van der Waals surface area (Å²) in [6.07, 6.45) is 0. The second kappa shape index (κ2) is 7.98. The quantitative estimate of drug-likeness (QED) is 0.340. The van der Waals surface area contributed by atoms with Crippen molar-refractivity contribution < 1.29 is 23.8 Å². The molecule has 1 atom stereocenters. The zero-order valence-electron chi connectivity index (χ0n) is 13.4. The topological polar surface area (TPSA) is 128 Å². The molecular weight excluding hydrogens is 402 g/mol. The summed E-state index contributed by atoms with van der Waals surface area (Å²) in [6, 6.07) is 2.55. The van der Waals surface area contributed by atoms with E-state index in [1.807, 2.05) is 0 Å². The number of anilines is 1. The van der Waals surface area contributed by atoms with Crippen LogP contribution in [-0.4, -0.2) is 43.8 Å². The van der Waals surface area contributed by atoms with E-state index in [1.165, 1.54) is 12.1 Å². The Kier molecular flexibility index (Phi) is 5.68. The molecule has 142 valence electrons. The fourth-order valence-corrected chi connectivity index (χ4v) is 3.77. The predicted octanol–water partition coefficient (Wildman–Crippen LogP) is 1.81. The molecule has 0 unspecified atom stereocenters. The molecule has 0 saturated carbocycles. The Bertz CT molecular complexity index is 1060. The van der Waals surface area contributed by atoms with Crippen LogP contribution in [0.2, 0.25) is 0 Å². The third-order valence-corrected chi connectivity index (χ3v) is 5.31. The number of thioether (sulfide) groups is 1. The van der Waals surface area contributed by atoms with Crippen LogP contribution in [0.15, 0.2) is 28.2 Å². The van der Waals surface area contributed by atoms with Gasteiger partial charge in [0.05, 0.1) is 6.61 Å². The highest BCUT2D eigenvalue weighted by atomic mass is 32.2. The first-order valence-corrected chi connectivity index (χ1v) is 9.26. The van der Waals surface area contributed by atoms with Gasteiger partial charge >= 0.3 is 5.97 Å². The summed E-state index contributed by atoms with van der Waals surface area (Å²) in [7, 11) is 0. The van der Waals surface area contributed by atoms with Gasteiger partial charge in [-0.1, -0.05) is 35.2 Å². The van der Waals surface area contributed by atoms with Crippen molar-refractivity contribution in [1.82, 2.24) is 15.0 Å². The highest BCUT2D eigenvalue weighted by molar-refractivity contribution is 7.98. The number of nitrogens with one attached hydrogen (secondary N) is 2. The molecule has 0 aliphatic rings. The summed E-state index contributed by atoms with van der Waals surface area (Å²) < 4.78 is 27.1. The van der Waals surface area contributed by atoms with Gasteiger partial charge in [0.2, 0.25) is 0 Å². The average molecular weight is 414 g/mol. The Balaban J connectivity index is 1.82. The Morgan fingerprint density at radius 2 is 2.15 bits per heavy atom. The van der Waals surface area contributed by atoms with Gasteiger partial charge in [-0.3, -0.25) is 4.79 Å². The lowest BCUT2D eigenvalue weighted by Gasteiger charge is -2.08. The molecule has 27 heavy (non-hydrogen) atoms. The molecule has 12 heteroatoms. The summed E-state index contributed by atoms with van der Waals surface area (Å²) in [5.74, 6) is -3.15. The predicted molar refractivity (Wildman–Crippen MR) is 96.1 cm³/mol. The summed E-state index contributed by atoms with van der Waals surface area (Å²) >= 11 is 1.89. The van der Waals surface area contributed by atoms with E-state index in [4.69, 9.17) is 10.2 Å². The number of rotatable bonds is 7. The lowest BCUT2D eigenvalue weighted by atomic mass is 10.2. The van der Waals surface area contributed by atoms with Crippen molar-refractivity contribution in [2.45, 2.75) is 17.0 Å². The van der Waals surface area contributed by atoms with Crippen molar-refractivity contribution in [3.63, 3.8) is 0 Å². The van der Waals surface area contributed by atoms with Gasteiger partial charge in [-0.15, -0.1) is 0 Å². The van der Waals surface area contributed by atoms with Gasteiger partial charge in [0, 0.05) is 11.3 Å². The summed E-state index contributed by atoms with van der Waals surface area (Å²) in [5.41, 5.74) is -0.296. The van der Waals surface area contributed by atoms with Crippen LogP contribution in [0.1, 0.15) is 5.56 Å². The number of carboxylic acids is 1. The maximum absolute atomic E-state index is 13.7. The number of carbonyl (C=O) groups is 1. The Morgan fingerprint density at radius 1 is 1.37 bits per heavy atom. The van der Waals surface area contributed by atoms with Crippen molar-refractivity contribution in [3.8, 4) is 0 Å². The van der Waals surface area contributed by atoms with Gasteiger partial charge < -0.3 is 20.5 Å². The minimum Gasteiger partial charge on any atom is -0.480 e. The molecule has 2 heterocycles. The molecule has 0 spiro atoms. The maximum Gasteiger partial charge on any atom is 0.328 e. The van der Waals surface area contributed by atoms with Gasteiger partial charge in [0.15, 0.2) is 27.6 Å². The fourth-order valence-electron chi connectivity index (χ4n) is 2.08. The molecule has 0 aliphatic heterocycles. The number of aliphatic carboxylic acids is 1. The normalized spacial score (nSPS) is 12.3. The van der Waals surface area contributed by atoms with Crippen LogP contribution in [0.25, 0.3) is 10.3 Å². The highest BCUT2D eigenvalue weighted by Crippen LogP contribution is 2.26. The summed E-state index contributed by atoms with van der Waals surface area (Å²) in [5, 5.41) is 20.8. The van der Waals surface area contributed by atoms with Crippen molar-refractivity contribution in [3.05, 3.63) is 45.8 Å². The molecule has 3 rings (SSSR count). The maximum atomic E-state index is 13.7. The number of carboxylic acid groups (broad SMARTS) is 1. The average Bonchev–Trinajstić information content (AvgIpc) is 3.04. The van der Waals surface area contributed by atoms with Crippen molar-refractivity contribution in [2.24, 2.45) is 0 Å². The van der Waals surface area contributed by atoms with Crippen LogP contribution in [-0.2, 0) is 10.5 Å². The molecule has 1 aromatic carbocycles. The van der Waals surface area contributed by atoms with E-state index in [1.54, 1.807) is 0 Å². The lowest BCUT2D eigenvalue weighted by molar-refractivity contribution is -0.138. The lowest BCUT2D eigenvalue weighted by Crippen LogP contribution is -2.32.